The summed E-state index contributed by atoms with van der Waals surface area (Å²) in [6, 6.07) is 0. The van der Waals surface area contributed by atoms with Crippen LogP contribution >= 0.6 is 0 Å². The molecule has 0 saturated heterocycles. The third-order valence-electron chi connectivity index (χ3n) is 2.80. The Hall–Kier alpha value is -1.47. The zero-order valence-corrected chi connectivity index (χ0v) is 10.4. The number of ether oxygens (including phenoxy) is 1. The highest BCUT2D eigenvalue weighted by atomic mass is 19.4. The van der Waals surface area contributed by atoms with Gasteiger partial charge in [-0.05, 0) is 18.8 Å². The lowest BCUT2D eigenvalue weighted by atomic mass is 9.85. The number of rotatable bonds is 6. The van der Waals surface area contributed by atoms with Gasteiger partial charge < -0.3 is 15.4 Å². The maximum absolute atomic E-state index is 11.7. The minimum Gasteiger partial charge on any atom is -0.440 e. The van der Waals surface area contributed by atoms with Crippen molar-refractivity contribution in [1.82, 2.24) is 10.6 Å². The van der Waals surface area contributed by atoms with Crippen molar-refractivity contribution in [3.63, 3.8) is 0 Å². The highest BCUT2D eigenvalue weighted by Crippen LogP contribution is 2.25. The lowest BCUT2D eigenvalue weighted by molar-refractivity contribution is -0.160. The van der Waals surface area contributed by atoms with Gasteiger partial charge in [-0.15, -0.1) is 0 Å². The molecule has 0 aromatic carbocycles. The van der Waals surface area contributed by atoms with Crippen LogP contribution in [0.3, 0.4) is 0 Å². The fourth-order valence-corrected chi connectivity index (χ4v) is 1.52. The second kappa shape index (κ2) is 7.20. The van der Waals surface area contributed by atoms with Crippen molar-refractivity contribution in [3.8, 4) is 0 Å². The summed E-state index contributed by atoms with van der Waals surface area (Å²) in [7, 11) is 0. The van der Waals surface area contributed by atoms with Gasteiger partial charge >= 0.3 is 12.3 Å². The molecule has 0 spiro atoms. The van der Waals surface area contributed by atoms with Crippen LogP contribution in [0.15, 0.2) is 0 Å². The quantitative estimate of drug-likeness (QED) is 0.777. The normalized spacial score (nSPS) is 15.5. The second-order valence-electron chi connectivity index (χ2n) is 4.47. The number of amides is 2. The Balaban J connectivity index is 1.99. The molecular weight excluding hydrogens is 265 g/mol. The third kappa shape index (κ3) is 7.53. The van der Waals surface area contributed by atoms with Crippen LogP contribution in [0.2, 0.25) is 0 Å². The van der Waals surface area contributed by atoms with Crippen molar-refractivity contribution >= 4 is 12.0 Å². The number of nitrogens with one attached hydrogen (secondary N) is 2. The third-order valence-corrected chi connectivity index (χ3v) is 2.80. The molecule has 5 nitrogen and oxygen atoms in total. The van der Waals surface area contributed by atoms with Crippen LogP contribution in [-0.2, 0) is 9.53 Å². The van der Waals surface area contributed by atoms with Gasteiger partial charge in [-0.2, -0.15) is 13.2 Å². The summed E-state index contributed by atoms with van der Waals surface area (Å²) in [6.45, 7) is -1.06. The highest BCUT2D eigenvalue weighted by Gasteiger charge is 2.29. The van der Waals surface area contributed by atoms with E-state index in [9.17, 15) is 22.8 Å². The molecule has 1 aliphatic rings. The van der Waals surface area contributed by atoms with Gasteiger partial charge in [-0.25, -0.2) is 4.79 Å². The number of hydrogen-bond acceptors (Lipinski definition) is 3. The first kappa shape index (κ1) is 15.6. The van der Waals surface area contributed by atoms with Gasteiger partial charge in [0.1, 0.15) is 0 Å². The van der Waals surface area contributed by atoms with Gasteiger partial charge in [-0.3, -0.25) is 4.79 Å². The van der Waals surface area contributed by atoms with Crippen LogP contribution < -0.4 is 10.6 Å². The SMILES string of the molecule is O=C(CCNC(=O)OCC(F)(F)F)NCC1CCC1. The fourth-order valence-electron chi connectivity index (χ4n) is 1.52. The molecule has 0 heterocycles. The summed E-state index contributed by atoms with van der Waals surface area (Å²) < 4.78 is 39.0. The van der Waals surface area contributed by atoms with Gasteiger partial charge in [0.2, 0.25) is 5.91 Å². The number of halogens is 3. The Bertz CT molecular complexity index is 317. The average molecular weight is 282 g/mol. The van der Waals surface area contributed by atoms with E-state index in [4.69, 9.17) is 0 Å². The topological polar surface area (TPSA) is 67.4 Å². The van der Waals surface area contributed by atoms with E-state index in [0.717, 1.165) is 12.8 Å². The number of alkyl carbamates (subject to hydrolysis) is 1. The van der Waals surface area contributed by atoms with E-state index in [0.29, 0.717) is 12.5 Å². The maximum Gasteiger partial charge on any atom is 0.422 e. The van der Waals surface area contributed by atoms with E-state index in [2.05, 4.69) is 15.4 Å². The maximum atomic E-state index is 11.7. The van der Waals surface area contributed by atoms with Crippen molar-refractivity contribution in [1.29, 1.82) is 0 Å². The molecular formula is C11H17F3N2O3. The van der Waals surface area contributed by atoms with Crippen molar-refractivity contribution in [2.45, 2.75) is 31.9 Å². The van der Waals surface area contributed by atoms with Crippen LogP contribution in [0, 0.1) is 5.92 Å². The predicted octanol–water partition coefficient (Wildman–Crippen LogP) is 1.58. The molecule has 0 atom stereocenters. The molecule has 1 aliphatic carbocycles. The minimum absolute atomic E-state index is 0.0217. The zero-order valence-electron chi connectivity index (χ0n) is 10.4. The zero-order chi connectivity index (χ0) is 14.3. The average Bonchev–Trinajstić information content (AvgIpc) is 2.23. The van der Waals surface area contributed by atoms with Crippen LogP contribution in [0.25, 0.3) is 0 Å². The lowest BCUT2D eigenvalue weighted by Gasteiger charge is -2.25. The number of carbonyl (C=O) groups is 2. The van der Waals surface area contributed by atoms with E-state index in [-0.39, 0.29) is 18.9 Å². The summed E-state index contributed by atoms with van der Waals surface area (Å²) in [5.41, 5.74) is 0. The molecule has 110 valence electrons. The fraction of sp³-hybridized carbons (Fsp3) is 0.818. The number of carbonyl (C=O) groups excluding carboxylic acids is 2. The number of alkyl halides is 3. The first-order chi connectivity index (χ1) is 8.87. The van der Waals surface area contributed by atoms with Gasteiger partial charge in [0.15, 0.2) is 6.61 Å². The van der Waals surface area contributed by atoms with Gasteiger partial charge in [0.25, 0.3) is 0 Å². The Labute approximate surface area is 108 Å². The molecule has 0 unspecified atom stereocenters. The van der Waals surface area contributed by atoms with Crippen LogP contribution in [0.1, 0.15) is 25.7 Å². The Morgan fingerprint density at radius 2 is 1.89 bits per heavy atom. The monoisotopic (exact) mass is 282 g/mol. The van der Waals surface area contributed by atoms with Crippen molar-refractivity contribution in [2.75, 3.05) is 19.7 Å². The van der Waals surface area contributed by atoms with E-state index in [1.165, 1.54) is 6.42 Å². The molecule has 19 heavy (non-hydrogen) atoms. The Morgan fingerprint density at radius 3 is 2.42 bits per heavy atom. The van der Waals surface area contributed by atoms with E-state index in [1.54, 1.807) is 0 Å². The summed E-state index contributed by atoms with van der Waals surface area (Å²) in [6.07, 6.45) is -2.28. The Kier molecular flexibility index (Phi) is 5.91. The lowest BCUT2D eigenvalue weighted by Crippen LogP contribution is -2.35. The first-order valence-corrected chi connectivity index (χ1v) is 6.11. The predicted molar refractivity (Wildman–Crippen MR) is 60.4 cm³/mol. The van der Waals surface area contributed by atoms with Crippen molar-refractivity contribution in [3.05, 3.63) is 0 Å². The highest BCUT2D eigenvalue weighted by molar-refractivity contribution is 5.76. The molecule has 1 saturated carbocycles. The van der Waals surface area contributed by atoms with Gasteiger partial charge in [0, 0.05) is 19.5 Å². The molecule has 2 amide bonds. The molecule has 0 aromatic heterocycles. The van der Waals surface area contributed by atoms with E-state index >= 15 is 0 Å². The standard InChI is InChI=1S/C11H17F3N2O3/c12-11(13,14)7-19-10(18)15-5-4-9(17)16-6-8-2-1-3-8/h8H,1-7H2,(H,15,18)(H,16,17). The second-order valence-corrected chi connectivity index (χ2v) is 4.47. The largest absolute Gasteiger partial charge is 0.440 e. The smallest absolute Gasteiger partial charge is 0.422 e. The summed E-state index contributed by atoms with van der Waals surface area (Å²) in [4.78, 5) is 22.1. The molecule has 0 bridgehead atoms. The molecule has 0 radical (unpaired) electrons. The summed E-state index contributed by atoms with van der Waals surface area (Å²) in [5.74, 6) is 0.302. The molecule has 8 heteroatoms. The molecule has 0 aliphatic heterocycles. The van der Waals surface area contributed by atoms with Gasteiger partial charge in [0.05, 0.1) is 0 Å². The molecule has 0 aromatic rings. The Morgan fingerprint density at radius 1 is 1.21 bits per heavy atom. The van der Waals surface area contributed by atoms with Crippen molar-refractivity contribution in [2.24, 2.45) is 5.92 Å². The first-order valence-electron chi connectivity index (χ1n) is 6.11. The van der Waals surface area contributed by atoms with Crippen molar-refractivity contribution < 1.29 is 27.5 Å². The minimum atomic E-state index is -4.54. The summed E-state index contributed by atoms with van der Waals surface area (Å²) >= 11 is 0. The van der Waals surface area contributed by atoms with Crippen LogP contribution in [0.4, 0.5) is 18.0 Å². The van der Waals surface area contributed by atoms with Gasteiger partial charge in [-0.1, -0.05) is 6.42 Å². The molecule has 1 rings (SSSR count). The summed E-state index contributed by atoms with van der Waals surface area (Å²) in [5, 5.41) is 4.78. The van der Waals surface area contributed by atoms with Crippen LogP contribution in [0.5, 0.6) is 0 Å². The molecule has 1 fully saturated rings. The van der Waals surface area contributed by atoms with E-state index in [1.807, 2.05) is 0 Å². The number of hydrogen-bond donors (Lipinski definition) is 2. The van der Waals surface area contributed by atoms with E-state index < -0.39 is 18.9 Å². The van der Waals surface area contributed by atoms with Crippen LogP contribution in [-0.4, -0.2) is 37.9 Å². The molecule has 2 N–H and O–H groups in total.